The molecule has 2 aromatic carbocycles. The number of halogens is 2. The van der Waals surface area contributed by atoms with E-state index in [-0.39, 0.29) is 18.9 Å². The van der Waals surface area contributed by atoms with Crippen molar-refractivity contribution in [2.45, 2.75) is 81.3 Å². The molecule has 5 atom stereocenters. The van der Waals surface area contributed by atoms with E-state index in [1.165, 1.54) is 9.70 Å². The molecule has 3 fully saturated rings. The summed E-state index contributed by atoms with van der Waals surface area (Å²) in [7, 11) is -2.53. The fraction of sp³-hybridized carbons (Fsp3) is 0.529. The maximum Gasteiger partial charge on any atom is 0.259 e. The number of benzene rings is 2. The zero-order valence-electron chi connectivity index (χ0n) is 28.5. The van der Waals surface area contributed by atoms with Gasteiger partial charge in [0.25, 0.3) is 5.91 Å². The van der Waals surface area contributed by atoms with E-state index < -0.39 is 75.4 Å². The molecule has 2 heterocycles. The molecule has 1 unspecified atom stereocenters. The lowest BCUT2D eigenvalue weighted by Crippen LogP contribution is -2.59. The topological polar surface area (TPSA) is 178 Å². The van der Waals surface area contributed by atoms with Crippen molar-refractivity contribution in [3.8, 4) is 17.1 Å². The molecule has 3 aromatic rings. The number of alkyl halides is 2. The largest absolute Gasteiger partial charge is 0.497 e. The van der Waals surface area contributed by atoms with Crippen LogP contribution in [0.1, 0.15) is 51.1 Å². The molecule has 6 rings (SSSR count). The van der Waals surface area contributed by atoms with Gasteiger partial charge in [-0.15, -0.1) is 10.2 Å². The van der Waals surface area contributed by atoms with Crippen molar-refractivity contribution in [1.82, 2.24) is 40.5 Å². The summed E-state index contributed by atoms with van der Waals surface area (Å²) in [6.45, 7) is 4.21. The summed E-state index contributed by atoms with van der Waals surface area (Å²) in [4.78, 5) is 44.3. The predicted molar refractivity (Wildman–Crippen MR) is 181 cm³/mol. The quantitative estimate of drug-likeness (QED) is 0.210. The Kier molecular flexibility index (Phi) is 10.4. The first-order valence-corrected chi connectivity index (χ1v) is 18.6. The Bertz CT molecular complexity index is 1840. The van der Waals surface area contributed by atoms with Gasteiger partial charge in [0.1, 0.15) is 17.3 Å². The zero-order chi connectivity index (χ0) is 36.5. The molecule has 1 aliphatic heterocycles. The van der Waals surface area contributed by atoms with Gasteiger partial charge in [0.05, 0.1) is 30.4 Å². The fourth-order valence-electron chi connectivity index (χ4n) is 6.55. The van der Waals surface area contributed by atoms with Crippen LogP contribution in [0.15, 0.2) is 54.6 Å². The molecule has 2 saturated carbocycles. The van der Waals surface area contributed by atoms with Crippen LogP contribution in [0.2, 0.25) is 0 Å². The van der Waals surface area contributed by atoms with E-state index in [0.29, 0.717) is 42.9 Å². The fourth-order valence-corrected chi connectivity index (χ4v) is 7.91. The van der Waals surface area contributed by atoms with Gasteiger partial charge in [-0.2, -0.15) is 4.80 Å². The summed E-state index contributed by atoms with van der Waals surface area (Å²) < 4.78 is 60.3. The second kappa shape index (κ2) is 14.6. The van der Waals surface area contributed by atoms with E-state index in [0.717, 1.165) is 5.56 Å². The van der Waals surface area contributed by atoms with E-state index in [4.69, 9.17) is 4.74 Å². The van der Waals surface area contributed by atoms with Crippen molar-refractivity contribution in [2.24, 2.45) is 11.8 Å². The van der Waals surface area contributed by atoms with Gasteiger partial charge >= 0.3 is 0 Å². The molecule has 1 saturated heterocycles. The van der Waals surface area contributed by atoms with Crippen LogP contribution in [-0.2, 0) is 30.8 Å². The number of amides is 3. The highest BCUT2D eigenvalue weighted by atomic mass is 32.2. The molecule has 3 N–H and O–H groups in total. The monoisotopic (exact) mass is 728 g/mol. The number of likely N-dealkylation sites (tertiary alicyclic amines) is 1. The van der Waals surface area contributed by atoms with Crippen molar-refractivity contribution >= 4 is 27.7 Å². The van der Waals surface area contributed by atoms with Crippen molar-refractivity contribution < 1.29 is 36.3 Å². The number of methoxy groups -OCH3 is 1. The molecule has 17 heteroatoms. The Hall–Kier alpha value is -4.51. The maximum atomic E-state index is 14.3. The number of nitrogens with zero attached hydrogens (tertiary/aromatic N) is 5. The van der Waals surface area contributed by atoms with Gasteiger partial charge in [-0.05, 0) is 73.2 Å². The van der Waals surface area contributed by atoms with Crippen LogP contribution in [0.4, 0.5) is 8.78 Å². The molecule has 3 aliphatic rings. The minimum Gasteiger partial charge on any atom is -0.497 e. The summed E-state index contributed by atoms with van der Waals surface area (Å²) in [5.41, 5.74) is -0.405. The molecule has 0 bridgehead atoms. The van der Waals surface area contributed by atoms with Gasteiger partial charge in [-0.25, -0.2) is 17.2 Å². The maximum absolute atomic E-state index is 14.3. The molecule has 51 heavy (non-hydrogen) atoms. The second-order valence-electron chi connectivity index (χ2n) is 13.8. The van der Waals surface area contributed by atoms with Crippen molar-refractivity contribution in [3.63, 3.8) is 0 Å². The van der Waals surface area contributed by atoms with Gasteiger partial charge in [-0.3, -0.25) is 19.1 Å². The first-order valence-electron chi connectivity index (χ1n) is 17.0. The number of carbonyl (C=O) groups excluding carboxylic acids is 3. The number of tetrazole rings is 1. The minimum absolute atomic E-state index is 0.00749. The van der Waals surface area contributed by atoms with Crippen molar-refractivity contribution in [2.75, 3.05) is 20.2 Å². The second-order valence-corrected chi connectivity index (χ2v) is 15.7. The van der Waals surface area contributed by atoms with E-state index in [1.54, 1.807) is 31.4 Å². The van der Waals surface area contributed by atoms with Crippen molar-refractivity contribution in [1.29, 1.82) is 0 Å². The third-order valence-electron chi connectivity index (χ3n) is 9.79. The lowest BCUT2D eigenvalue weighted by Gasteiger charge is -2.31. The van der Waals surface area contributed by atoms with Crippen LogP contribution in [-0.4, -0.2) is 101 Å². The Morgan fingerprint density at radius 3 is 2.37 bits per heavy atom. The highest BCUT2D eigenvalue weighted by Crippen LogP contribution is 2.48. The Balaban J connectivity index is 1.25. The SMILES string of the molecule is COc1ccc(-c2nnn([C@@H]3CC(C(=O)N[C@]4(C(=O)NS(=O)(=O)C5CC5)C[C@H]4C(F)F)N(C(=O)[C@@H](NCCc4ccccc4)C(C)C)C3)n2)cc1. The standard InChI is InChI=1S/C34H42F2N8O6S/c1-20(2)28(37-16-15-21-7-5-4-6-8-21)32(46)43-19-23(44-40-30(39-42-44)22-9-11-24(50-3)12-10-22)17-27(43)31(45)38-34(18-26(34)29(35)36)33(47)41-51(48,49)25-13-14-25/h4-12,20,23,25-29,37H,13-19H2,1-3H3,(H,38,45)(H,41,47)/t23-,26+,27?,28+,34-/m1/s1. The average molecular weight is 729 g/mol. The molecule has 0 spiro atoms. The molecule has 1 aromatic heterocycles. The average Bonchev–Trinajstić information content (AvgIpc) is 4.00. The molecular formula is C34H42F2N8O6S. The molecule has 0 radical (unpaired) electrons. The van der Waals surface area contributed by atoms with Gasteiger partial charge in [0, 0.05) is 18.5 Å². The zero-order valence-corrected chi connectivity index (χ0v) is 29.4. The minimum atomic E-state index is -4.08. The summed E-state index contributed by atoms with van der Waals surface area (Å²) >= 11 is 0. The molecule has 2 aliphatic carbocycles. The molecule has 274 valence electrons. The predicted octanol–water partition coefficient (Wildman–Crippen LogP) is 2.10. The lowest BCUT2D eigenvalue weighted by atomic mass is 10.0. The van der Waals surface area contributed by atoms with E-state index in [1.807, 2.05) is 48.9 Å². The summed E-state index contributed by atoms with van der Waals surface area (Å²) in [5, 5.41) is 17.9. The number of hydrogen-bond donors (Lipinski definition) is 3. The third-order valence-corrected chi connectivity index (χ3v) is 11.6. The van der Waals surface area contributed by atoms with E-state index in [9.17, 15) is 31.6 Å². The Labute approximate surface area is 294 Å². The number of sulfonamides is 1. The summed E-state index contributed by atoms with van der Waals surface area (Å²) in [6, 6.07) is 14.2. The van der Waals surface area contributed by atoms with Gasteiger partial charge in [-0.1, -0.05) is 44.2 Å². The first-order chi connectivity index (χ1) is 24.3. The summed E-state index contributed by atoms with van der Waals surface area (Å²) in [6.07, 6.45) is -2.09. The van der Waals surface area contributed by atoms with Gasteiger partial charge in [0.15, 0.2) is 0 Å². The van der Waals surface area contributed by atoms with Crippen molar-refractivity contribution in [3.05, 3.63) is 60.2 Å². The van der Waals surface area contributed by atoms with Crippen LogP contribution < -0.4 is 20.1 Å². The van der Waals surface area contributed by atoms with E-state index in [2.05, 4.69) is 26.0 Å². The first kappa shape index (κ1) is 36.3. The smallest absolute Gasteiger partial charge is 0.259 e. The number of rotatable bonds is 15. The summed E-state index contributed by atoms with van der Waals surface area (Å²) in [5.74, 6) is -3.30. The highest BCUT2D eigenvalue weighted by Gasteiger charge is 2.66. The van der Waals surface area contributed by atoms with Crippen LogP contribution >= 0.6 is 0 Å². The third kappa shape index (κ3) is 7.88. The molecular weight excluding hydrogens is 686 g/mol. The molecule has 3 amide bonds. The number of carbonyl (C=O) groups is 3. The Morgan fingerprint density at radius 2 is 1.76 bits per heavy atom. The number of nitrogens with one attached hydrogen (secondary N) is 3. The molecule has 14 nitrogen and oxygen atoms in total. The van der Waals surface area contributed by atoms with E-state index >= 15 is 0 Å². The normalized spacial score (nSPS) is 23.7. The Morgan fingerprint density at radius 1 is 1.06 bits per heavy atom. The van der Waals surface area contributed by atoms with Crippen LogP contribution in [0.25, 0.3) is 11.4 Å². The van der Waals surface area contributed by atoms with Gasteiger partial charge < -0.3 is 20.3 Å². The van der Waals surface area contributed by atoms with Crippen LogP contribution in [0.3, 0.4) is 0 Å². The number of hydrogen-bond acceptors (Lipinski definition) is 10. The highest BCUT2D eigenvalue weighted by molar-refractivity contribution is 7.91. The van der Waals surface area contributed by atoms with Crippen LogP contribution in [0, 0.1) is 11.8 Å². The van der Waals surface area contributed by atoms with Gasteiger partial charge in [0.2, 0.25) is 34.1 Å². The van der Waals surface area contributed by atoms with Crippen LogP contribution in [0.5, 0.6) is 5.75 Å². The lowest BCUT2D eigenvalue weighted by molar-refractivity contribution is -0.142. The number of aromatic nitrogens is 4. The number of ether oxygens (including phenoxy) is 1.